The molecule has 1 aliphatic rings. The number of aromatic nitrogens is 1. The number of rotatable bonds is 1. The van der Waals surface area contributed by atoms with Crippen molar-refractivity contribution in [2.24, 2.45) is 0 Å². The summed E-state index contributed by atoms with van der Waals surface area (Å²) in [4.78, 5) is 3.07. The maximum atomic E-state index is 10.0. The van der Waals surface area contributed by atoms with E-state index in [0.29, 0.717) is 0 Å². The largest absolute Gasteiger partial charge is 0.495 e. The Bertz CT molecular complexity index is 494. The molecule has 0 aliphatic heterocycles. The van der Waals surface area contributed by atoms with Crippen LogP contribution in [0.1, 0.15) is 12.5 Å². The fraction of sp³-hybridized carbons (Fsp3) is 0.273. The summed E-state index contributed by atoms with van der Waals surface area (Å²) in [5.74, 6) is 0.724. The number of nitrogens with one attached hydrogen (secondary N) is 1. The van der Waals surface area contributed by atoms with Crippen LogP contribution in [-0.4, -0.2) is 17.2 Å². The van der Waals surface area contributed by atoms with Gasteiger partial charge >= 0.3 is 0 Å². The minimum absolute atomic E-state index is 0.724. The van der Waals surface area contributed by atoms with Crippen molar-refractivity contribution in [3.05, 3.63) is 34.5 Å². The van der Waals surface area contributed by atoms with Crippen LogP contribution in [0.25, 0.3) is 12.3 Å². The molecule has 0 saturated heterocycles. The van der Waals surface area contributed by atoms with Crippen LogP contribution in [0.4, 0.5) is 0 Å². The Morgan fingerprint density at radius 3 is 2.93 bits per heavy atom. The van der Waals surface area contributed by atoms with E-state index < -0.39 is 5.60 Å². The third-order valence-electron chi connectivity index (χ3n) is 2.44. The molecule has 1 unspecified atom stereocenters. The third-order valence-corrected chi connectivity index (χ3v) is 2.44. The zero-order valence-corrected chi connectivity index (χ0v) is 8.29. The van der Waals surface area contributed by atoms with E-state index in [2.05, 4.69) is 11.6 Å². The zero-order valence-electron chi connectivity index (χ0n) is 8.29. The van der Waals surface area contributed by atoms with Crippen LogP contribution < -0.4 is 10.7 Å². The molecule has 0 bridgehead atoms. The van der Waals surface area contributed by atoms with Crippen molar-refractivity contribution < 1.29 is 9.84 Å². The molecule has 0 saturated carbocycles. The van der Waals surface area contributed by atoms with E-state index in [-0.39, 0.29) is 0 Å². The topological polar surface area (TPSA) is 45.2 Å². The lowest BCUT2D eigenvalue weighted by Gasteiger charge is -2.21. The second-order valence-corrected chi connectivity index (χ2v) is 3.63. The van der Waals surface area contributed by atoms with Crippen molar-refractivity contribution in [3.8, 4) is 0 Å². The first kappa shape index (κ1) is 9.09. The van der Waals surface area contributed by atoms with Gasteiger partial charge in [0.25, 0.3) is 0 Å². The number of fused-ring (bicyclic) bond motifs is 1. The third kappa shape index (κ3) is 1.17. The molecule has 0 aromatic carbocycles. The van der Waals surface area contributed by atoms with Gasteiger partial charge in [0.2, 0.25) is 0 Å². The highest BCUT2D eigenvalue weighted by atomic mass is 16.5. The number of aromatic amines is 1. The van der Waals surface area contributed by atoms with Crippen LogP contribution in [-0.2, 0) is 10.3 Å². The minimum atomic E-state index is -0.941. The van der Waals surface area contributed by atoms with Crippen molar-refractivity contribution in [1.29, 1.82) is 0 Å². The molecule has 1 aromatic heterocycles. The Morgan fingerprint density at radius 2 is 2.29 bits per heavy atom. The predicted molar refractivity (Wildman–Crippen MR) is 54.7 cm³/mol. The molecular formula is C11H13NO2. The van der Waals surface area contributed by atoms with Crippen LogP contribution in [0.15, 0.2) is 18.2 Å². The van der Waals surface area contributed by atoms with E-state index in [1.165, 1.54) is 0 Å². The first-order chi connectivity index (χ1) is 6.54. The number of H-pyrrole nitrogens is 1. The lowest BCUT2D eigenvalue weighted by atomic mass is 9.93. The summed E-state index contributed by atoms with van der Waals surface area (Å²) in [6, 6.07) is 1.83. The van der Waals surface area contributed by atoms with Gasteiger partial charge in [-0.1, -0.05) is 6.58 Å². The normalized spacial score (nSPS) is 24.9. The first-order valence-corrected chi connectivity index (χ1v) is 4.43. The molecule has 3 heteroatoms. The molecule has 1 aromatic rings. The Balaban J connectivity index is 2.82. The highest BCUT2D eigenvalue weighted by Gasteiger charge is 2.26. The summed E-state index contributed by atoms with van der Waals surface area (Å²) < 4.78 is 5.18. The molecule has 0 radical (unpaired) electrons. The zero-order chi connectivity index (χ0) is 10.3. The molecular weight excluding hydrogens is 178 g/mol. The summed E-state index contributed by atoms with van der Waals surface area (Å²) in [6.45, 7) is 5.53. The number of ether oxygens (including phenoxy) is 1. The van der Waals surface area contributed by atoms with E-state index in [1.54, 1.807) is 26.2 Å². The van der Waals surface area contributed by atoms with Gasteiger partial charge < -0.3 is 14.8 Å². The molecule has 2 N–H and O–H groups in total. The fourth-order valence-corrected chi connectivity index (χ4v) is 1.69. The average Bonchev–Trinajstić information content (AvgIpc) is 2.48. The molecule has 74 valence electrons. The molecule has 1 heterocycles. The Kier molecular flexibility index (Phi) is 1.79. The van der Waals surface area contributed by atoms with Gasteiger partial charge in [0.05, 0.1) is 12.5 Å². The molecule has 1 atom stereocenters. The van der Waals surface area contributed by atoms with Crippen molar-refractivity contribution in [1.82, 2.24) is 4.98 Å². The highest BCUT2D eigenvalue weighted by molar-refractivity contribution is 5.55. The summed E-state index contributed by atoms with van der Waals surface area (Å²) in [6.07, 6.45) is 3.47. The lowest BCUT2D eigenvalue weighted by Crippen LogP contribution is -2.30. The van der Waals surface area contributed by atoms with Gasteiger partial charge in [-0.25, -0.2) is 0 Å². The average molecular weight is 191 g/mol. The summed E-state index contributed by atoms with van der Waals surface area (Å²) in [5.41, 5.74) is -0.133. The molecule has 0 spiro atoms. The monoisotopic (exact) mass is 191 g/mol. The van der Waals surface area contributed by atoms with Crippen LogP contribution in [0.2, 0.25) is 0 Å². The van der Waals surface area contributed by atoms with E-state index in [1.807, 2.05) is 6.07 Å². The maximum absolute atomic E-state index is 10.0. The SMILES string of the molecule is C=c1cc2c([nH]1)=C(OC)C=CC2(C)O. The molecule has 0 amide bonds. The Labute approximate surface area is 82.0 Å². The standard InChI is InChI=1S/C11H13NO2/c1-7-6-8-10(12-7)9(14-3)4-5-11(8,2)13/h4-6,12-13H,1H2,2-3H3. The molecule has 1 aliphatic carbocycles. The summed E-state index contributed by atoms with van der Waals surface area (Å²) in [7, 11) is 1.60. The second-order valence-electron chi connectivity index (χ2n) is 3.63. The van der Waals surface area contributed by atoms with E-state index >= 15 is 0 Å². The lowest BCUT2D eigenvalue weighted by molar-refractivity contribution is 0.108. The quantitative estimate of drug-likeness (QED) is 0.654. The number of methoxy groups -OCH3 is 1. The smallest absolute Gasteiger partial charge is 0.142 e. The van der Waals surface area contributed by atoms with Gasteiger partial charge in [-0.15, -0.1) is 0 Å². The Hall–Kier alpha value is -1.48. The van der Waals surface area contributed by atoms with Crippen LogP contribution in [0.3, 0.4) is 0 Å². The number of hydrogen-bond acceptors (Lipinski definition) is 2. The van der Waals surface area contributed by atoms with E-state index in [9.17, 15) is 5.11 Å². The van der Waals surface area contributed by atoms with Crippen molar-refractivity contribution in [2.45, 2.75) is 12.5 Å². The van der Waals surface area contributed by atoms with Crippen LogP contribution >= 0.6 is 0 Å². The van der Waals surface area contributed by atoms with Gasteiger partial charge in [-0.2, -0.15) is 0 Å². The molecule has 14 heavy (non-hydrogen) atoms. The predicted octanol–water partition coefficient (Wildman–Crippen LogP) is -0.0431. The number of aliphatic hydroxyl groups is 1. The van der Waals surface area contributed by atoms with Gasteiger partial charge in [-0.05, 0) is 25.1 Å². The van der Waals surface area contributed by atoms with Crippen LogP contribution in [0.5, 0.6) is 0 Å². The van der Waals surface area contributed by atoms with Crippen LogP contribution in [0, 0.1) is 0 Å². The molecule has 2 rings (SSSR count). The molecule has 3 nitrogen and oxygen atoms in total. The van der Waals surface area contributed by atoms with Crippen molar-refractivity contribution in [3.63, 3.8) is 0 Å². The Morgan fingerprint density at radius 1 is 1.57 bits per heavy atom. The first-order valence-electron chi connectivity index (χ1n) is 4.43. The maximum Gasteiger partial charge on any atom is 0.142 e. The fourth-order valence-electron chi connectivity index (χ4n) is 1.69. The van der Waals surface area contributed by atoms with Gasteiger partial charge in [0.15, 0.2) is 0 Å². The number of hydrogen-bond donors (Lipinski definition) is 2. The summed E-state index contributed by atoms with van der Waals surface area (Å²) in [5, 5.41) is 11.6. The minimum Gasteiger partial charge on any atom is -0.495 e. The van der Waals surface area contributed by atoms with Gasteiger partial charge in [-0.3, -0.25) is 0 Å². The second kappa shape index (κ2) is 2.75. The van der Waals surface area contributed by atoms with E-state index in [4.69, 9.17) is 4.74 Å². The van der Waals surface area contributed by atoms with Crippen molar-refractivity contribution >= 4 is 12.3 Å². The highest BCUT2D eigenvalue weighted by Crippen LogP contribution is 2.22. The van der Waals surface area contributed by atoms with Gasteiger partial charge in [0, 0.05) is 10.9 Å². The van der Waals surface area contributed by atoms with Gasteiger partial charge in [0.1, 0.15) is 11.4 Å². The summed E-state index contributed by atoms with van der Waals surface area (Å²) >= 11 is 0. The van der Waals surface area contributed by atoms with E-state index in [0.717, 1.165) is 22.0 Å². The molecule has 0 fully saturated rings. The van der Waals surface area contributed by atoms with Crippen molar-refractivity contribution in [2.75, 3.05) is 7.11 Å².